The molecule has 0 aromatic heterocycles. The van der Waals surface area contributed by atoms with Gasteiger partial charge in [0.25, 0.3) is 0 Å². The molecule has 33 heavy (non-hydrogen) atoms. The van der Waals surface area contributed by atoms with Gasteiger partial charge in [-0.25, -0.2) is 4.57 Å². The van der Waals surface area contributed by atoms with Gasteiger partial charge in [0.05, 0.1) is 27.7 Å². The number of phosphoric ester groups is 1. The zero-order valence-electron chi connectivity index (χ0n) is 21.3. The van der Waals surface area contributed by atoms with Crippen LogP contribution in [0.1, 0.15) is 63.9 Å². The molecule has 1 aromatic carbocycles. The lowest BCUT2D eigenvalue weighted by atomic mass is 10.1. The number of hydrogen-bond acceptors (Lipinski definition) is 5. The maximum absolute atomic E-state index is 12.4. The highest BCUT2D eigenvalue weighted by Crippen LogP contribution is 2.44. The van der Waals surface area contributed by atoms with Crippen molar-refractivity contribution in [3.8, 4) is 0 Å². The minimum absolute atomic E-state index is 0.153. The second-order valence-corrected chi connectivity index (χ2v) is 11.1. The summed E-state index contributed by atoms with van der Waals surface area (Å²) in [4.78, 5) is 10.2. The lowest BCUT2D eigenvalue weighted by Crippen LogP contribution is -2.37. The summed E-state index contributed by atoms with van der Waals surface area (Å²) in [5.74, 6) is 0. The smallest absolute Gasteiger partial charge is 0.379 e. The summed E-state index contributed by atoms with van der Waals surface area (Å²) in [7, 11) is 1.85. The third-order valence-corrected chi connectivity index (χ3v) is 6.36. The Labute approximate surface area is 202 Å². The summed E-state index contributed by atoms with van der Waals surface area (Å²) in [5.41, 5.74) is 1.14. The van der Waals surface area contributed by atoms with Crippen LogP contribution >= 0.6 is 7.82 Å². The highest BCUT2D eigenvalue weighted by molar-refractivity contribution is 7.47. The van der Waals surface area contributed by atoms with E-state index in [1.54, 1.807) is 0 Å². The van der Waals surface area contributed by atoms with Gasteiger partial charge in [0.1, 0.15) is 19.3 Å². The van der Waals surface area contributed by atoms with E-state index in [-0.39, 0.29) is 13.2 Å². The average Bonchev–Trinajstić information content (AvgIpc) is 2.74. The van der Waals surface area contributed by atoms with Gasteiger partial charge in [-0.05, 0) is 12.0 Å². The van der Waals surface area contributed by atoms with E-state index >= 15 is 0 Å². The average molecular weight is 488 g/mol. The monoisotopic (exact) mass is 487 g/mol. The SMILES string of the molecule is CCCCCCCCCCOCC(CNCc1ccccc1)OP(=O)(O)OCC[N+](C)(C)C. The number of nitrogens with zero attached hydrogens (tertiary/aromatic N) is 1. The Kier molecular flexibility index (Phi) is 16.1. The molecule has 8 heteroatoms. The fraction of sp³-hybridized carbons (Fsp3) is 0.760. The highest BCUT2D eigenvalue weighted by atomic mass is 31.2. The second kappa shape index (κ2) is 17.6. The third-order valence-electron chi connectivity index (χ3n) is 5.29. The first-order valence-corrected chi connectivity index (χ1v) is 14.0. The van der Waals surface area contributed by atoms with Crippen LogP contribution in [-0.2, 0) is 24.9 Å². The largest absolute Gasteiger partial charge is 0.472 e. The Morgan fingerprint density at radius 1 is 0.970 bits per heavy atom. The Hall–Kier alpha value is -0.790. The van der Waals surface area contributed by atoms with Gasteiger partial charge in [0.2, 0.25) is 0 Å². The number of quaternary nitrogens is 1. The molecule has 0 radical (unpaired) electrons. The molecule has 2 atom stereocenters. The van der Waals surface area contributed by atoms with Crippen LogP contribution < -0.4 is 5.32 Å². The third kappa shape index (κ3) is 18.2. The molecule has 0 aliphatic carbocycles. The fourth-order valence-electron chi connectivity index (χ4n) is 3.30. The molecule has 0 bridgehead atoms. The maximum Gasteiger partial charge on any atom is 0.472 e. The van der Waals surface area contributed by atoms with Gasteiger partial charge in [-0.2, -0.15) is 0 Å². The van der Waals surface area contributed by atoms with Crippen molar-refractivity contribution in [3.63, 3.8) is 0 Å². The molecule has 0 fully saturated rings. The van der Waals surface area contributed by atoms with Crippen molar-refractivity contribution in [2.75, 3.05) is 54.1 Å². The van der Waals surface area contributed by atoms with Crippen molar-refractivity contribution in [1.29, 1.82) is 0 Å². The van der Waals surface area contributed by atoms with E-state index in [4.69, 9.17) is 13.8 Å². The van der Waals surface area contributed by atoms with E-state index in [0.717, 1.165) is 18.4 Å². The topological polar surface area (TPSA) is 77.0 Å². The number of likely N-dealkylation sites (N-methyl/N-ethyl adjacent to an activating group) is 1. The van der Waals surface area contributed by atoms with E-state index in [0.29, 0.717) is 30.7 Å². The van der Waals surface area contributed by atoms with Gasteiger partial charge >= 0.3 is 7.82 Å². The quantitative estimate of drug-likeness (QED) is 0.142. The maximum atomic E-state index is 12.4. The summed E-state index contributed by atoms with van der Waals surface area (Å²) >= 11 is 0. The van der Waals surface area contributed by atoms with Gasteiger partial charge in [0, 0.05) is 19.7 Å². The second-order valence-electron chi connectivity index (χ2n) is 9.71. The molecule has 0 amide bonds. The molecular weight excluding hydrogens is 439 g/mol. The van der Waals surface area contributed by atoms with Gasteiger partial charge in [-0.3, -0.25) is 9.05 Å². The highest BCUT2D eigenvalue weighted by Gasteiger charge is 2.27. The number of nitrogens with one attached hydrogen (secondary N) is 1. The number of ether oxygens (including phenoxy) is 1. The Balaban J connectivity index is 2.38. The van der Waals surface area contributed by atoms with Crippen LogP contribution in [0.2, 0.25) is 0 Å². The molecule has 0 aliphatic rings. The molecule has 2 unspecified atom stereocenters. The van der Waals surface area contributed by atoms with Gasteiger partial charge in [0.15, 0.2) is 0 Å². The summed E-state index contributed by atoms with van der Waals surface area (Å²) in [6.45, 7) is 4.93. The molecule has 0 saturated heterocycles. The first-order valence-electron chi connectivity index (χ1n) is 12.5. The molecule has 0 aliphatic heterocycles. The van der Waals surface area contributed by atoms with Crippen molar-refractivity contribution < 1.29 is 27.7 Å². The minimum Gasteiger partial charge on any atom is -0.379 e. The molecule has 192 valence electrons. The van der Waals surface area contributed by atoms with E-state index in [9.17, 15) is 9.46 Å². The molecule has 0 saturated carbocycles. The Morgan fingerprint density at radius 2 is 1.61 bits per heavy atom. The number of phosphoric acid groups is 1. The first-order chi connectivity index (χ1) is 15.7. The van der Waals surface area contributed by atoms with Crippen molar-refractivity contribution in [1.82, 2.24) is 5.32 Å². The molecule has 0 heterocycles. The van der Waals surface area contributed by atoms with Crippen molar-refractivity contribution in [3.05, 3.63) is 35.9 Å². The molecule has 1 aromatic rings. The van der Waals surface area contributed by atoms with Crippen molar-refractivity contribution >= 4 is 7.82 Å². The zero-order chi connectivity index (χ0) is 24.4. The minimum atomic E-state index is -4.16. The van der Waals surface area contributed by atoms with Crippen LogP contribution in [-0.4, -0.2) is 69.5 Å². The van der Waals surface area contributed by atoms with Crippen LogP contribution in [0.25, 0.3) is 0 Å². The predicted octanol–water partition coefficient (Wildman–Crippen LogP) is 5.14. The number of unbranched alkanes of at least 4 members (excludes halogenated alkanes) is 7. The van der Waals surface area contributed by atoms with Crippen molar-refractivity contribution in [2.45, 2.75) is 70.9 Å². The van der Waals surface area contributed by atoms with Gasteiger partial charge < -0.3 is 19.4 Å². The molecule has 7 nitrogen and oxygen atoms in total. The molecule has 1 rings (SSSR count). The summed E-state index contributed by atoms with van der Waals surface area (Å²) in [5, 5.41) is 3.29. The molecule has 2 N–H and O–H groups in total. The molecular formula is C25H48N2O5P+. The molecule has 0 spiro atoms. The Bertz CT molecular complexity index is 639. The van der Waals surface area contributed by atoms with Gasteiger partial charge in [-0.15, -0.1) is 0 Å². The number of rotatable bonds is 21. The van der Waals surface area contributed by atoms with Crippen LogP contribution in [0.4, 0.5) is 0 Å². The Morgan fingerprint density at radius 3 is 2.24 bits per heavy atom. The first kappa shape index (κ1) is 30.2. The van der Waals surface area contributed by atoms with Crippen LogP contribution in [0.3, 0.4) is 0 Å². The fourth-order valence-corrected chi connectivity index (χ4v) is 4.19. The van der Waals surface area contributed by atoms with Crippen LogP contribution in [0.5, 0.6) is 0 Å². The summed E-state index contributed by atoms with van der Waals surface area (Å²) in [6, 6.07) is 10.0. The normalized spacial score (nSPS) is 14.8. The summed E-state index contributed by atoms with van der Waals surface area (Å²) < 4.78 is 29.5. The van der Waals surface area contributed by atoms with Crippen LogP contribution in [0, 0.1) is 0 Å². The van der Waals surface area contributed by atoms with Crippen molar-refractivity contribution in [2.24, 2.45) is 0 Å². The summed E-state index contributed by atoms with van der Waals surface area (Å²) in [6.07, 6.45) is 9.35. The lowest BCUT2D eigenvalue weighted by molar-refractivity contribution is -0.870. The lowest BCUT2D eigenvalue weighted by Gasteiger charge is -2.25. The van der Waals surface area contributed by atoms with E-state index < -0.39 is 13.9 Å². The number of hydrogen-bond donors (Lipinski definition) is 2. The van der Waals surface area contributed by atoms with Crippen LogP contribution in [0.15, 0.2) is 30.3 Å². The number of benzene rings is 1. The standard InChI is InChI=1S/C25H47N2O5P/c1-5-6-7-8-9-10-11-15-19-30-23-25(22-26-21-24-16-13-12-14-17-24)32-33(28,29)31-20-18-27(2,3)4/h12-14,16-17,25-26H,5-11,15,18-23H2,1-4H3/p+1. The van der Waals surface area contributed by atoms with Gasteiger partial charge in [-0.1, -0.05) is 82.2 Å². The predicted molar refractivity (Wildman–Crippen MR) is 135 cm³/mol. The van der Waals surface area contributed by atoms with E-state index in [1.165, 1.54) is 38.5 Å². The van der Waals surface area contributed by atoms with E-state index in [2.05, 4.69) is 12.2 Å². The zero-order valence-corrected chi connectivity index (χ0v) is 22.2. The van der Waals surface area contributed by atoms with E-state index in [1.807, 2.05) is 51.5 Å².